The van der Waals surface area contributed by atoms with E-state index in [0.717, 1.165) is 40.2 Å². The number of nitrogens with zero attached hydrogens (tertiary/aromatic N) is 2. The van der Waals surface area contributed by atoms with Crippen molar-refractivity contribution in [2.24, 2.45) is 4.99 Å². The topological polar surface area (TPSA) is 43.6 Å². The molecule has 0 amide bonds. The number of thiazole rings is 1. The maximum Gasteiger partial charge on any atom is 0.271 e. The molecule has 0 fully saturated rings. The van der Waals surface area contributed by atoms with Crippen LogP contribution < -0.4 is 19.6 Å². The van der Waals surface area contributed by atoms with E-state index < -0.39 is 0 Å². The van der Waals surface area contributed by atoms with Crippen LogP contribution in [-0.4, -0.2) is 4.57 Å². The van der Waals surface area contributed by atoms with Gasteiger partial charge >= 0.3 is 0 Å². The monoisotopic (exact) mass is 566 g/mol. The fraction of sp³-hybridized carbons (Fsp3) is 0.125. The summed E-state index contributed by atoms with van der Waals surface area (Å²) in [6.45, 7) is 0.397. The highest BCUT2D eigenvalue weighted by Crippen LogP contribution is 2.42. The van der Waals surface area contributed by atoms with E-state index >= 15 is 0 Å². The summed E-state index contributed by atoms with van der Waals surface area (Å²) < 4.78 is 8.50. The highest BCUT2D eigenvalue weighted by molar-refractivity contribution is 7.10. The molecule has 0 spiro atoms. The lowest BCUT2D eigenvalue weighted by Crippen LogP contribution is -2.38. The van der Waals surface area contributed by atoms with Crippen molar-refractivity contribution >= 4 is 46.0 Å². The van der Waals surface area contributed by atoms with Crippen LogP contribution in [0.2, 0.25) is 5.02 Å². The molecule has 1 atom stereocenters. The number of ether oxygens (including phenoxy) is 1. The zero-order valence-corrected chi connectivity index (χ0v) is 23.2. The lowest BCUT2D eigenvalue weighted by Gasteiger charge is -2.30. The second-order valence-corrected chi connectivity index (χ2v) is 12.0. The predicted octanol–water partition coefficient (Wildman–Crippen LogP) is 6.61. The molecule has 0 radical (unpaired) electrons. The van der Waals surface area contributed by atoms with E-state index in [2.05, 4.69) is 41.8 Å². The van der Waals surface area contributed by atoms with Crippen LogP contribution in [0.1, 0.15) is 39.6 Å². The van der Waals surface area contributed by atoms with Gasteiger partial charge < -0.3 is 4.74 Å². The molecule has 2 aromatic heterocycles. The molecule has 2 aliphatic rings. The molecule has 192 valence electrons. The van der Waals surface area contributed by atoms with E-state index in [4.69, 9.17) is 21.3 Å². The van der Waals surface area contributed by atoms with Crippen LogP contribution in [0, 0.1) is 0 Å². The Morgan fingerprint density at radius 2 is 1.79 bits per heavy atom. The Balaban J connectivity index is 1.26. The summed E-state index contributed by atoms with van der Waals surface area (Å²) >= 11 is 9.39. The Labute approximate surface area is 238 Å². The molecule has 0 bridgehead atoms. The first-order valence-electron chi connectivity index (χ1n) is 12.8. The third-order valence-corrected chi connectivity index (χ3v) is 9.49. The largest absolute Gasteiger partial charge is 0.489 e. The first-order valence-corrected chi connectivity index (χ1v) is 14.9. The summed E-state index contributed by atoms with van der Waals surface area (Å²) in [5.41, 5.74) is 6.65. The van der Waals surface area contributed by atoms with Crippen LogP contribution in [0.3, 0.4) is 0 Å². The zero-order chi connectivity index (χ0) is 26.3. The van der Waals surface area contributed by atoms with Gasteiger partial charge in [0.25, 0.3) is 5.56 Å². The van der Waals surface area contributed by atoms with Gasteiger partial charge in [-0.15, -0.1) is 11.3 Å². The smallest absolute Gasteiger partial charge is 0.271 e. The SMILES string of the molecule is O=c1/c(=C\c2ccc(OCc3ccccc3Cl)cc2)sc2n1[C@@H](c1cccs1)C1=C(N=2)c2ccccc2CC1. The Kier molecular flexibility index (Phi) is 6.31. The van der Waals surface area contributed by atoms with Crippen molar-refractivity contribution < 1.29 is 4.74 Å². The molecule has 7 rings (SSSR count). The Bertz CT molecular complexity index is 1900. The normalized spacial score (nSPS) is 16.3. The molecule has 5 aromatic rings. The van der Waals surface area contributed by atoms with Gasteiger partial charge in [-0.05, 0) is 65.3 Å². The average molecular weight is 567 g/mol. The van der Waals surface area contributed by atoms with E-state index in [1.165, 1.54) is 32.9 Å². The second-order valence-electron chi connectivity index (χ2n) is 9.58. The number of thiophene rings is 1. The van der Waals surface area contributed by atoms with Crippen LogP contribution in [-0.2, 0) is 13.0 Å². The minimum absolute atomic E-state index is 0.00149. The van der Waals surface area contributed by atoms with Crippen molar-refractivity contribution in [1.82, 2.24) is 4.57 Å². The summed E-state index contributed by atoms with van der Waals surface area (Å²) in [7, 11) is 0. The van der Waals surface area contributed by atoms with Crippen LogP contribution >= 0.6 is 34.3 Å². The summed E-state index contributed by atoms with van der Waals surface area (Å²) in [6, 6.07) is 28.0. The summed E-state index contributed by atoms with van der Waals surface area (Å²) in [5.74, 6) is 0.748. The van der Waals surface area contributed by atoms with Crippen molar-refractivity contribution in [3.8, 4) is 5.75 Å². The fourth-order valence-electron chi connectivity index (χ4n) is 5.31. The van der Waals surface area contributed by atoms with Crippen molar-refractivity contribution in [3.63, 3.8) is 0 Å². The van der Waals surface area contributed by atoms with Gasteiger partial charge in [0.05, 0.1) is 16.3 Å². The summed E-state index contributed by atoms with van der Waals surface area (Å²) in [5, 5.41) is 2.77. The molecular weight excluding hydrogens is 544 g/mol. The lowest BCUT2D eigenvalue weighted by atomic mass is 9.85. The number of hydrogen-bond donors (Lipinski definition) is 0. The zero-order valence-electron chi connectivity index (χ0n) is 20.8. The van der Waals surface area contributed by atoms with Gasteiger partial charge in [-0.1, -0.05) is 83.6 Å². The standard InChI is InChI=1S/C32H23ClN2O2S2/c33-26-9-4-2-7-22(26)19-37-23-14-11-20(12-15-23)18-28-31(36)35-30(27-10-5-17-38-27)25-16-13-21-6-1-3-8-24(21)29(25)34-32(35)39-28/h1-12,14-15,17-18,30H,13,16,19H2/b28-18+/t30-/m1/s1. The first kappa shape index (κ1) is 24.3. The van der Waals surface area contributed by atoms with E-state index in [9.17, 15) is 4.79 Å². The number of hydrogen-bond acceptors (Lipinski definition) is 5. The molecule has 7 heteroatoms. The molecule has 0 N–H and O–H groups in total. The molecule has 1 aliphatic heterocycles. The van der Waals surface area contributed by atoms with Crippen molar-refractivity contribution in [2.45, 2.75) is 25.5 Å². The van der Waals surface area contributed by atoms with Gasteiger partial charge in [0.2, 0.25) is 0 Å². The van der Waals surface area contributed by atoms with E-state index in [0.29, 0.717) is 16.2 Å². The maximum absolute atomic E-state index is 13.8. The highest BCUT2D eigenvalue weighted by atomic mass is 35.5. The van der Waals surface area contributed by atoms with Gasteiger partial charge in [0.1, 0.15) is 12.4 Å². The van der Waals surface area contributed by atoms with E-state index in [-0.39, 0.29) is 11.6 Å². The van der Waals surface area contributed by atoms with Crippen LogP contribution in [0.25, 0.3) is 11.8 Å². The van der Waals surface area contributed by atoms with Crippen LogP contribution in [0.4, 0.5) is 0 Å². The minimum Gasteiger partial charge on any atom is -0.489 e. The molecule has 0 saturated carbocycles. The number of aromatic nitrogens is 1. The van der Waals surface area contributed by atoms with Crippen LogP contribution in [0.15, 0.2) is 106 Å². The molecule has 4 nitrogen and oxygen atoms in total. The first-order chi connectivity index (χ1) is 19.2. The number of fused-ring (bicyclic) bond motifs is 3. The summed E-state index contributed by atoms with van der Waals surface area (Å²) in [6.07, 6.45) is 3.81. The second kappa shape index (κ2) is 10.1. The van der Waals surface area contributed by atoms with E-state index in [1.54, 1.807) is 11.3 Å². The number of allylic oxidation sites excluding steroid dienone is 1. The van der Waals surface area contributed by atoms with Crippen molar-refractivity contribution in [1.29, 1.82) is 0 Å². The Morgan fingerprint density at radius 1 is 0.974 bits per heavy atom. The maximum atomic E-state index is 13.8. The third-order valence-electron chi connectivity index (χ3n) is 7.22. The Hall–Kier alpha value is -3.71. The average Bonchev–Trinajstić information content (AvgIpc) is 3.61. The predicted molar refractivity (Wildman–Crippen MR) is 159 cm³/mol. The van der Waals surface area contributed by atoms with Crippen molar-refractivity contribution in [3.05, 3.63) is 148 Å². The number of aryl methyl sites for hydroxylation is 1. The molecule has 0 unspecified atom stereocenters. The van der Waals surface area contributed by atoms with Gasteiger partial charge in [0, 0.05) is 21.0 Å². The van der Waals surface area contributed by atoms with Crippen molar-refractivity contribution in [2.75, 3.05) is 0 Å². The number of rotatable bonds is 5. The van der Waals surface area contributed by atoms with E-state index in [1.807, 2.05) is 59.2 Å². The molecule has 39 heavy (non-hydrogen) atoms. The highest BCUT2D eigenvalue weighted by Gasteiger charge is 2.32. The molecule has 3 heterocycles. The molecule has 3 aromatic carbocycles. The quantitative estimate of drug-likeness (QED) is 0.240. The third kappa shape index (κ3) is 4.48. The Morgan fingerprint density at radius 3 is 2.62 bits per heavy atom. The molecule has 1 aliphatic carbocycles. The van der Waals surface area contributed by atoms with Crippen LogP contribution in [0.5, 0.6) is 5.75 Å². The summed E-state index contributed by atoms with van der Waals surface area (Å²) in [4.78, 5) is 20.8. The fourth-order valence-corrected chi connectivity index (χ4v) is 7.35. The van der Waals surface area contributed by atoms with Gasteiger partial charge in [-0.25, -0.2) is 4.99 Å². The number of benzene rings is 3. The van der Waals surface area contributed by atoms with Gasteiger partial charge in [-0.3, -0.25) is 9.36 Å². The van der Waals surface area contributed by atoms with Gasteiger partial charge in [-0.2, -0.15) is 0 Å². The lowest BCUT2D eigenvalue weighted by molar-refractivity contribution is 0.306. The minimum atomic E-state index is -0.118. The molecule has 0 saturated heterocycles. The number of halogens is 1. The van der Waals surface area contributed by atoms with Gasteiger partial charge in [0.15, 0.2) is 4.80 Å². The molecular formula is C32H23ClN2O2S2.